The van der Waals surface area contributed by atoms with Crippen LogP contribution in [0.25, 0.3) is 0 Å². The summed E-state index contributed by atoms with van der Waals surface area (Å²) in [5, 5.41) is 18.4. The quantitative estimate of drug-likeness (QED) is 0.678. The Morgan fingerprint density at radius 2 is 2.32 bits per heavy atom. The lowest BCUT2D eigenvalue weighted by Crippen LogP contribution is -2.12. The van der Waals surface area contributed by atoms with Gasteiger partial charge < -0.3 is 5.11 Å². The first kappa shape index (κ1) is 13.1. The van der Waals surface area contributed by atoms with E-state index in [1.165, 1.54) is 23.1 Å². The first-order chi connectivity index (χ1) is 8.97. The highest BCUT2D eigenvalue weighted by molar-refractivity contribution is 7.92. The van der Waals surface area contributed by atoms with Crippen LogP contribution in [0.1, 0.15) is 6.42 Å². The van der Waals surface area contributed by atoms with E-state index in [-0.39, 0.29) is 23.7 Å². The minimum atomic E-state index is -3.75. The summed E-state index contributed by atoms with van der Waals surface area (Å²) in [6.45, 7) is 0.106. The number of carbonyl (C=O) groups is 1. The first-order valence-electron chi connectivity index (χ1n) is 5.24. The Kier molecular flexibility index (Phi) is 3.51. The number of nitrogens with zero attached hydrogens (tertiary/aromatic N) is 3. The van der Waals surface area contributed by atoms with E-state index in [0.717, 1.165) is 6.20 Å². The number of sulfonamides is 1. The SMILES string of the molecule is O=C(O)CCn1cc(S(=O)(=O)Nc2ccn[nH]2)cn1. The van der Waals surface area contributed by atoms with Gasteiger partial charge in [0.25, 0.3) is 10.0 Å². The molecule has 0 saturated carbocycles. The number of H-pyrrole nitrogens is 1. The molecule has 19 heavy (non-hydrogen) atoms. The third-order valence-electron chi connectivity index (χ3n) is 2.22. The molecule has 0 saturated heterocycles. The average Bonchev–Trinajstić information content (AvgIpc) is 2.96. The first-order valence-corrected chi connectivity index (χ1v) is 6.72. The Balaban J connectivity index is 2.10. The highest BCUT2D eigenvalue weighted by Crippen LogP contribution is 2.12. The number of anilines is 1. The number of aromatic amines is 1. The summed E-state index contributed by atoms with van der Waals surface area (Å²) in [5.41, 5.74) is 0. The molecule has 0 spiro atoms. The monoisotopic (exact) mass is 285 g/mol. The molecule has 2 heterocycles. The Morgan fingerprint density at radius 1 is 1.53 bits per heavy atom. The van der Waals surface area contributed by atoms with Crippen LogP contribution in [-0.2, 0) is 21.4 Å². The van der Waals surface area contributed by atoms with Crippen molar-refractivity contribution in [1.82, 2.24) is 20.0 Å². The zero-order valence-electron chi connectivity index (χ0n) is 9.65. The van der Waals surface area contributed by atoms with E-state index in [2.05, 4.69) is 20.0 Å². The number of aliphatic carboxylic acids is 1. The van der Waals surface area contributed by atoms with Crippen molar-refractivity contribution < 1.29 is 18.3 Å². The lowest BCUT2D eigenvalue weighted by molar-refractivity contribution is -0.137. The van der Waals surface area contributed by atoms with Crippen LogP contribution in [0.5, 0.6) is 0 Å². The summed E-state index contributed by atoms with van der Waals surface area (Å²) in [6, 6.07) is 1.46. The highest BCUT2D eigenvalue weighted by atomic mass is 32.2. The highest BCUT2D eigenvalue weighted by Gasteiger charge is 2.17. The molecule has 2 aromatic heterocycles. The van der Waals surface area contributed by atoms with Crippen molar-refractivity contribution >= 4 is 21.8 Å². The van der Waals surface area contributed by atoms with Crippen LogP contribution in [-0.4, -0.2) is 39.5 Å². The van der Waals surface area contributed by atoms with Gasteiger partial charge in [0.15, 0.2) is 0 Å². The van der Waals surface area contributed by atoms with Gasteiger partial charge in [0.05, 0.1) is 25.4 Å². The van der Waals surface area contributed by atoms with Gasteiger partial charge >= 0.3 is 5.97 Å². The van der Waals surface area contributed by atoms with E-state index in [1.54, 1.807) is 0 Å². The third-order valence-corrected chi connectivity index (χ3v) is 3.54. The molecular weight excluding hydrogens is 274 g/mol. The molecule has 0 amide bonds. The smallest absolute Gasteiger partial charge is 0.305 e. The van der Waals surface area contributed by atoms with Crippen molar-refractivity contribution in [1.29, 1.82) is 0 Å². The number of nitrogens with one attached hydrogen (secondary N) is 2. The van der Waals surface area contributed by atoms with E-state index in [9.17, 15) is 13.2 Å². The Bertz CT molecular complexity index is 661. The molecule has 10 heteroatoms. The number of hydrogen-bond donors (Lipinski definition) is 3. The normalized spacial score (nSPS) is 11.4. The topological polar surface area (TPSA) is 130 Å². The van der Waals surface area contributed by atoms with Crippen molar-refractivity contribution in [2.45, 2.75) is 17.9 Å². The maximum absolute atomic E-state index is 11.9. The van der Waals surface area contributed by atoms with Gasteiger partial charge in [-0.05, 0) is 0 Å². The van der Waals surface area contributed by atoms with E-state index < -0.39 is 16.0 Å². The molecule has 0 atom stereocenters. The Labute approximate surface area is 108 Å². The molecule has 0 aliphatic carbocycles. The second kappa shape index (κ2) is 5.10. The average molecular weight is 285 g/mol. The van der Waals surface area contributed by atoms with Gasteiger partial charge in [0.1, 0.15) is 10.7 Å². The second-order valence-corrected chi connectivity index (χ2v) is 5.34. The summed E-state index contributed by atoms with van der Waals surface area (Å²) < 4.78 is 27.4. The molecule has 2 rings (SSSR count). The lowest BCUT2D eigenvalue weighted by atomic mass is 10.4. The number of rotatable bonds is 6. The van der Waals surface area contributed by atoms with Crippen LogP contribution >= 0.6 is 0 Å². The molecule has 0 aromatic carbocycles. The van der Waals surface area contributed by atoms with Crippen LogP contribution in [0.15, 0.2) is 29.6 Å². The summed E-state index contributed by atoms with van der Waals surface area (Å²) in [4.78, 5) is 10.4. The molecule has 0 radical (unpaired) electrons. The third kappa shape index (κ3) is 3.31. The van der Waals surface area contributed by atoms with Gasteiger partial charge in [-0.25, -0.2) is 8.42 Å². The summed E-state index contributed by atoms with van der Waals surface area (Å²) in [5.74, 6) is -0.742. The summed E-state index contributed by atoms with van der Waals surface area (Å²) in [6.07, 6.45) is 3.70. The Morgan fingerprint density at radius 3 is 2.95 bits per heavy atom. The molecule has 3 N–H and O–H groups in total. The molecule has 0 fully saturated rings. The molecular formula is C9H11N5O4S. The zero-order valence-corrected chi connectivity index (χ0v) is 10.5. The van der Waals surface area contributed by atoms with Crippen LogP contribution in [0.2, 0.25) is 0 Å². The second-order valence-electron chi connectivity index (χ2n) is 3.66. The van der Waals surface area contributed by atoms with Crippen molar-refractivity contribution in [2.24, 2.45) is 0 Å². The van der Waals surface area contributed by atoms with Crippen LogP contribution in [0, 0.1) is 0 Å². The predicted octanol–water partition coefficient (Wildman–Crippen LogP) is -0.118. The molecule has 0 unspecified atom stereocenters. The van der Waals surface area contributed by atoms with Gasteiger partial charge in [-0.15, -0.1) is 0 Å². The fourth-order valence-corrected chi connectivity index (χ4v) is 2.30. The fourth-order valence-electron chi connectivity index (χ4n) is 1.33. The fraction of sp³-hybridized carbons (Fsp3) is 0.222. The van der Waals surface area contributed by atoms with Crippen LogP contribution in [0.3, 0.4) is 0 Å². The molecule has 0 aliphatic rings. The van der Waals surface area contributed by atoms with Crippen molar-refractivity contribution in [3.8, 4) is 0 Å². The lowest BCUT2D eigenvalue weighted by Gasteiger charge is -2.02. The standard InChI is InChI=1S/C9H11N5O4S/c15-9(16)2-4-14-6-7(5-11-14)19(17,18)13-8-1-3-10-12-8/h1,3,5-6H,2,4H2,(H,15,16)(H2,10,12,13). The van der Waals surface area contributed by atoms with Gasteiger partial charge in [-0.1, -0.05) is 0 Å². The summed E-state index contributed by atoms with van der Waals surface area (Å²) >= 11 is 0. The van der Waals surface area contributed by atoms with Gasteiger partial charge in [-0.3, -0.25) is 19.3 Å². The van der Waals surface area contributed by atoms with E-state index >= 15 is 0 Å². The predicted molar refractivity (Wildman–Crippen MR) is 63.9 cm³/mol. The Hall–Kier alpha value is -2.36. The number of carboxylic acid groups (broad SMARTS) is 1. The molecule has 0 aliphatic heterocycles. The van der Waals surface area contributed by atoms with Crippen molar-refractivity contribution in [3.63, 3.8) is 0 Å². The minimum Gasteiger partial charge on any atom is -0.481 e. The number of carboxylic acids is 1. The van der Waals surface area contributed by atoms with E-state index in [0.29, 0.717) is 0 Å². The number of aryl methyl sites for hydroxylation is 1. The molecule has 9 nitrogen and oxygen atoms in total. The van der Waals surface area contributed by atoms with E-state index in [1.807, 2.05) is 0 Å². The van der Waals surface area contributed by atoms with Crippen molar-refractivity contribution in [2.75, 3.05) is 4.72 Å². The zero-order chi connectivity index (χ0) is 13.9. The molecule has 0 bridgehead atoms. The maximum atomic E-state index is 11.9. The molecule has 102 valence electrons. The minimum absolute atomic E-state index is 0.0486. The van der Waals surface area contributed by atoms with Crippen LogP contribution < -0.4 is 4.72 Å². The van der Waals surface area contributed by atoms with Crippen molar-refractivity contribution in [3.05, 3.63) is 24.7 Å². The number of hydrogen-bond acceptors (Lipinski definition) is 5. The summed E-state index contributed by atoms with van der Waals surface area (Å²) in [7, 11) is -3.75. The van der Waals surface area contributed by atoms with Gasteiger partial charge in [-0.2, -0.15) is 10.2 Å². The maximum Gasteiger partial charge on any atom is 0.305 e. The van der Waals surface area contributed by atoms with Crippen LogP contribution in [0.4, 0.5) is 5.82 Å². The van der Waals surface area contributed by atoms with Gasteiger partial charge in [0.2, 0.25) is 0 Å². The largest absolute Gasteiger partial charge is 0.481 e. The molecule has 2 aromatic rings. The number of aromatic nitrogens is 4. The van der Waals surface area contributed by atoms with Gasteiger partial charge in [0, 0.05) is 12.3 Å². The van der Waals surface area contributed by atoms with E-state index in [4.69, 9.17) is 5.11 Å².